The zero-order valence-electron chi connectivity index (χ0n) is 14.9. The van der Waals surface area contributed by atoms with Crippen molar-refractivity contribution in [2.45, 2.75) is 19.8 Å². The number of methoxy groups -OCH3 is 1. The first kappa shape index (κ1) is 16.3. The van der Waals surface area contributed by atoms with Crippen LogP contribution in [0.25, 0.3) is 22.3 Å². The summed E-state index contributed by atoms with van der Waals surface area (Å²) < 4.78 is 5.24. The fourth-order valence-corrected chi connectivity index (χ4v) is 2.93. The molecule has 0 bridgehead atoms. The second-order valence-corrected chi connectivity index (χ2v) is 6.33. The van der Waals surface area contributed by atoms with Crippen molar-refractivity contribution in [2.24, 2.45) is 0 Å². The molecule has 26 heavy (non-hydrogen) atoms. The second kappa shape index (κ2) is 6.96. The Labute approximate surface area is 152 Å². The first-order chi connectivity index (χ1) is 12.7. The van der Waals surface area contributed by atoms with Crippen LogP contribution in [0.3, 0.4) is 0 Å². The van der Waals surface area contributed by atoms with E-state index in [1.165, 1.54) is 5.56 Å². The number of ether oxygens (including phenoxy) is 1. The number of hydrogen-bond donors (Lipinski definition) is 1. The van der Waals surface area contributed by atoms with Crippen LogP contribution in [0.4, 0.5) is 0 Å². The highest BCUT2D eigenvalue weighted by Gasteiger charge is 2.07. The number of benzene rings is 1. The van der Waals surface area contributed by atoms with Gasteiger partial charge in [-0.1, -0.05) is 29.8 Å². The van der Waals surface area contributed by atoms with Gasteiger partial charge >= 0.3 is 0 Å². The smallest absolute Gasteiger partial charge is 0.157 e. The van der Waals surface area contributed by atoms with Gasteiger partial charge < -0.3 is 9.72 Å². The van der Waals surface area contributed by atoms with Gasteiger partial charge in [0.15, 0.2) is 5.65 Å². The molecule has 0 saturated carbocycles. The predicted molar refractivity (Wildman–Crippen MR) is 102 cm³/mol. The van der Waals surface area contributed by atoms with Crippen LogP contribution in [-0.2, 0) is 12.8 Å². The quantitative estimate of drug-likeness (QED) is 0.591. The van der Waals surface area contributed by atoms with Gasteiger partial charge in [0.05, 0.1) is 7.11 Å². The molecule has 5 heteroatoms. The van der Waals surface area contributed by atoms with Crippen molar-refractivity contribution in [2.75, 3.05) is 7.11 Å². The number of imidazole rings is 1. The highest BCUT2D eigenvalue weighted by atomic mass is 16.5. The monoisotopic (exact) mass is 344 g/mol. The van der Waals surface area contributed by atoms with E-state index in [-0.39, 0.29) is 0 Å². The van der Waals surface area contributed by atoms with E-state index in [1.807, 2.05) is 18.3 Å². The van der Waals surface area contributed by atoms with Crippen LogP contribution in [0.1, 0.15) is 17.1 Å². The van der Waals surface area contributed by atoms with Crippen LogP contribution in [0.2, 0.25) is 0 Å². The number of aromatic amines is 1. The van der Waals surface area contributed by atoms with E-state index in [0.29, 0.717) is 0 Å². The fraction of sp³-hybridized carbons (Fsp3) is 0.190. The van der Waals surface area contributed by atoms with E-state index in [0.717, 1.165) is 52.4 Å². The Morgan fingerprint density at radius 3 is 2.62 bits per heavy atom. The fourth-order valence-electron chi connectivity index (χ4n) is 2.93. The van der Waals surface area contributed by atoms with Crippen LogP contribution in [-0.4, -0.2) is 27.0 Å². The normalized spacial score (nSPS) is 11.0. The summed E-state index contributed by atoms with van der Waals surface area (Å²) in [4.78, 5) is 16.9. The summed E-state index contributed by atoms with van der Waals surface area (Å²) >= 11 is 0. The molecular formula is C21H20N4O. The summed E-state index contributed by atoms with van der Waals surface area (Å²) in [6.45, 7) is 2.09. The lowest BCUT2D eigenvalue weighted by atomic mass is 10.1. The molecular weight excluding hydrogens is 324 g/mol. The lowest BCUT2D eigenvalue weighted by molar-refractivity contribution is 0.413. The highest BCUT2D eigenvalue weighted by Crippen LogP contribution is 2.22. The van der Waals surface area contributed by atoms with Gasteiger partial charge in [-0.05, 0) is 31.0 Å². The number of pyridine rings is 2. The van der Waals surface area contributed by atoms with Gasteiger partial charge in [0.1, 0.15) is 17.1 Å². The van der Waals surface area contributed by atoms with Crippen molar-refractivity contribution >= 4 is 11.2 Å². The Bertz CT molecular complexity index is 1040. The minimum absolute atomic E-state index is 0.774. The first-order valence-corrected chi connectivity index (χ1v) is 8.62. The molecule has 0 fully saturated rings. The lowest BCUT2D eigenvalue weighted by Crippen LogP contribution is -1.96. The SMILES string of the molecule is COc1ccnc(CCc2nc3cc(-c4ccc(C)cc4)cnc3[nH]2)c1. The third-order valence-corrected chi connectivity index (χ3v) is 4.41. The maximum Gasteiger partial charge on any atom is 0.157 e. The van der Waals surface area contributed by atoms with Gasteiger partial charge in [0.2, 0.25) is 0 Å². The minimum Gasteiger partial charge on any atom is -0.497 e. The number of aromatic nitrogens is 4. The summed E-state index contributed by atoms with van der Waals surface area (Å²) in [6, 6.07) is 14.3. The van der Waals surface area contributed by atoms with Crippen molar-refractivity contribution in [3.63, 3.8) is 0 Å². The van der Waals surface area contributed by atoms with Crippen molar-refractivity contribution < 1.29 is 4.74 Å². The topological polar surface area (TPSA) is 63.7 Å². The average molecular weight is 344 g/mol. The molecule has 0 radical (unpaired) electrons. The van der Waals surface area contributed by atoms with Crippen LogP contribution < -0.4 is 4.74 Å². The lowest BCUT2D eigenvalue weighted by Gasteiger charge is -2.02. The molecule has 0 amide bonds. The van der Waals surface area contributed by atoms with Gasteiger partial charge in [-0.15, -0.1) is 0 Å². The van der Waals surface area contributed by atoms with Crippen molar-refractivity contribution in [1.82, 2.24) is 19.9 Å². The molecule has 4 aromatic rings. The predicted octanol–water partition coefficient (Wildman–Crippen LogP) is 4.12. The Kier molecular flexibility index (Phi) is 4.35. The third kappa shape index (κ3) is 3.42. The van der Waals surface area contributed by atoms with E-state index in [9.17, 15) is 0 Å². The largest absolute Gasteiger partial charge is 0.497 e. The molecule has 4 rings (SSSR count). The molecule has 0 spiro atoms. The van der Waals surface area contributed by atoms with E-state index >= 15 is 0 Å². The van der Waals surface area contributed by atoms with Gasteiger partial charge in [-0.25, -0.2) is 9.97 Å². The van der Waals surface area contributed by atoms with Crippen LogP contribution in [0.15, 0.2) is 54.9 Å². The standard InChI is InChI=1S/C21H20N4O/c1-14-3-5-15(6-4-14)16-11-19-21(23-13-16)25-20(24-19)8-7-17-12-18(26-2)9-10-22-17/h3-6,9-13H,7-8H2,1-2H3,(H,23,24,25). The molecule has 3 heterocycles. The molecule has 0 atom stereocenters. The van der Waals surface area contributed by atoms with Gasteiger partial charge in [0.25, 0.3) is 0 Å². The summed E-state index contributed by atoms with van der Waals surface area (Å²) in [5.41, 5.74) is 6.15. The zero-order chi connectivity index (χ0) is 17.9. The molecule has 0 saturated heterocycles. The molecule has 3 aromatic heterocycles. The number of fused-ring (bicyclic) bond motifs is 1. The van der Waals surface area contributed by atoms with Crippen molar-refractivity contribution in [3.05, 3.63) is 71.9 Å². The van der Waals surface area contributed by atoms with Crippen molar-refractivity contribution in [3.8, 4) is 16.9 Å². The molecule has 1 N–H and O–H groups in total. The second-order valence-electron chi connectivity index (χ2n) is 6.33. The maximum atomic E-state index is 5.24. The zero-order valence-corrected chi connectivity index (χ0v) is 14.9. The summed E-state index contributed by atoms with van der Waals surface area (Å²) in [5.74, 6) is 1.74. The summed E-state index contributed by atoms with van der Waals surface area (Å²) in [7, 11) is 1.66. The Balaban J connectivity index is 1.54. The average Bonchev–Trinajstić information content (AvgIpc) is 3.09. The number of rotatable bonds is 5. The molecule has 0 aliphatic rings. The number of aryl methyl sites for hydroxylation is 3. The third-order valence-electron chi connectivity index (χ3n) is 4.41. The maximum absolute atomic E-state index is 5.24. The number of nitrogens with zero attached hydrogens (tertiary/aromatic N) is 3. The molecule has 5 nitrogen and oxygen atoms in total. The highest BCUT2D eigenvalue weighted by molar-refractivity contribution is 5.78. The van der Waals surface area contributed by atoms with E-state index in [1.54, 1.807) is 13.3 Å². The van der Waals surface area contributed by atoms with Crippen molar-refractivity contribution in [1.29, 1.82) is 0 Å². The Hall–Kier alpha value is -3.21. The van der Waals surface area contributed by atoms with Gasteiger partial charge in [-0.2, -0.15) is 0 Å². The number of H-pyrrole nitrogens is 1. The minimum atomic E-state index is 0.774. The van der Waals surface area contributed by atoms with Crippen LogP contribution in [0.5, 0.6) is 5.75 Å². The first-order valence-electron chi connectivity index (χ1n) is 8.62. The van der Waals surface area contributed by atoms with Gasteiger partial charge in [-0.3, -0.25) is 4.98 Å². The molecule has 0 unspecified atom stereocenters. The molecule has 0 aliphatic carbocycles. The van der Waals surface area contributed by atoms with Crippen LogP contribution in [0, 0.1) is 6.92 Å². The summed E-state index contributed by atoms with van der Waals surface area (Å²) in [6.07, 6.45) is 5.22. The molecule has 0 aliphatic heterocycles. The van der Waals surface area contributed by atoms with Gasteiger partial charge in [0, 0.05) is 36.1 Å². The number of hydrogen-bond acceptors (Lipinski definition) is 4. The molecule has 130 valence electrons. The van der Waals surface area contributed by atoms with E-state index in [2.05, 4.69) is 52.2 Å². The number of nitrogens with one attached hydrogen (secondary N) is 1. The Morgan fingerprint density at radius 1 is 0.962 bits per heavy atom. The van der Waals surface area contributed by atoms with E-state index in [4.69, 9.17) is 9.72 Å². The summed E-state index contributed by atoms with van der Waals surface area (Å²) in [5, 5.41) is 0. The molecule has 1 aromatic carbocycles. The van der Waals surface area contributed by atoms with Crippen LogP contribution >= 0.6 is 0 Å². The Morgan fingerprint density at radius 2 is 1.81 bits per heavy atom. The van der Waals surface area contributed by atoms with E-state index < -0.39 is 0 Å².